The van der Waals surface area contributed by atoms with Crippen molar-refractivity contribution >= 4 is 33.3 Å². The first kappa shape index (κ1) is 16.1. The quantitative estimate of drug-likeness (QED) is 0.756. The normalized spacial score (nSPS) is 10.8. The van der Waals surface area contributed by atoms with Crippen LogP contribution in [0.2, 0.25) is 0 Å². The van der Waals surface area contributed by atoms with E-state index in [0.717, 1.165) is 5.00 Å². The Hall–Kier alpha value is -2.74. The van der Waals surface area contributed by atoms with Gasteiger partial charge in [-0.25, -0.2) is 4.98 Å². The molecule has 7 nitrogen and oxygen atoms in total. The van der Waals surface area contributed by atoms with E-state index in [2.05, 4.69) is 19.7 Å². The third-order valence-corrected chi connectivity index (χ3v) is 4.66. The number of para-hydroxylation sites is 1. The fraction of sp³-hybridized carbons (Fsp3) is 0.250. The van der Waals surface area contributed by atoms with E-state index in [4.69, 9.17) is 0 Å². The average Bonchev–Trinajstić information content (AvgIpc) is 2.95. The van der Waals surface area contributed by atoms with E-state index in [1.165, 1.54) is 16.4 Å². The van der Waals surface area contributed by atoms with Crippen molar-refractivity contribution in [1.82, 2.24) is 19.2 Å². The van der Waals surface area contributed by atoms with Gasteiger partial charge in [-0.2, -0.15) is 4.37 Å². The Morgan fingerprint density at radius 3 is 2.88 bits per heavy atom. The molecule has 0 spiro atoms. The molecule has 8 heteroatoms. The zero-order chi connectivity index (χ0) is 17.3. The van der Waals surface area contributed by atoms with E-state index in [0.29, 0.717) is 28.0 Å². The van der Waals surface area contributed by atoms with Crippen LogP contribution in [0.4, 0.5) is 5.00 Å². The molecule has 0 aliphatic carbocycles. The highest BCUT2D eigenvalue weighted by Crippen LogP contribution is 2.25. The highest BCUT2D eigenvalue weighted by Gasteiger charge is 2.21. The van der Waals surface area contributed by atoms with Crippen LogP contribution >= 0.6 is 11.5 Å². The molecule has 0 aliphatic rings. The summed E-state index contributed by atoms with van der Waals surface area (Å²) in [5.41, 5.74) is 1.64. The van der Waals surface area contributed by atoms with Gasteiger partial charge in [-0.3, -0.25) is 9.59 Å². The molecule has 0 bridgehead atoms. The summed E-state index contributed by atoms with van der Waals surface area (Å²) in [6.45, 7) is 2.01. The van der Waals surface area contributed by atoms with Gasteiger partial charge in [0.1, 0.15) is 10.8 Å². The van der Waals surface area contributed by atoms with Crippen LogP contribution in [0, 0.1) is 6.92 Å². The molecule has 0 fully saturated rings. The maximum absolute atomic E-state index is 12.7. The number of H-pyrrole nitrogens is 1. The molecule has 1 amide bonds. The largest absolute Gasteiger partial charge is 0.378 e. The second-order valence-corrected chi connectivity index (χ2v) is 6.19. The standard InChI is InChI=1S/C16H17N5O2S/c1-9-13(15(17-2)24-20-9)16(23)21(3)8-12-18-11-7-5-4-6-10(11)14(22)19-12/h4-7,17H,8H2,1-3H3,(H,18,19,22). The van der Waals surface area contributed by atoms with Gasteiger partial charge in [-0.1, -0.05) is 12.1 Å². The van der Waals surface area contributed by atoms with Crippen molar-refractivity contribution in [3.05, 3.63) is 51.7 Å². The lowest BCUT2D eigenvalue weighted by Crippen LogP contribution is -2.29. The van der Waals surface area contributed by atoms with Crippen LogP contribution < -0.4 is 10.9 Å². The first-order valence-corrected chi connectivity index (χ1v) is 8.16. The van der Waals surface area contributed by atoms with Crippen molar-refractivity contribution in [1.29, 1.82) is 0 Å². The van der Waals surface area contributed by atoms with Crippen molar-refractivity contribution in [3.8, 4) is 0 Å². The van der Waals surface area contributed by atoms with Gasteiger partial charge in [0, 0.05) is 14.1 Å². The molecule has 3 aromatic rings. The molecule has 0 atom stereocenters. The minimum atomic E-state index is -0.208. The number of nitrogens with one attached hydrogen (secondary N) is 2. The van der Waals surface area contributed by atoms with E-state index < -0.39 is 0 Å². The Bertz CT molecular complexity index is 963. The second-order valence-electron chi connectivity index (χ2n) is 5.41. The van der Waals surface area contributed by atoms with E-state index in [-0.39, 0.29) is 18.0 Å². The van der Waals surface area contributed by atoms with Crippen molar-refractivity contribution in [2.45, 2.75) is 13.5 Å². The number of anilines is 1. The number of nitrogens with zero attached hydrogens (tertiary/aromatic N) is 3. The Morgan fingerprint density at radius 1 is 1.38 bits per heavy atom. The SMILES string of the molecule is CNc1snc(C)c1C(=O)N(C)Cc1nc2ccccc2c(=O)[nH]1. The average molecular weight is 343 g/mol. The van der Waals surface area contributed by atoms with Crippen LogP contribution in [0.15, 0.2) is 29.1 Å². The summed E-state index contributed by atoms with van der Waals surface area (Å²) in [5, 5.41) is 4.24. The molecule has 124 valence electrons. The molecular formula is C16H17N5O2S. The first-order valence-electron chi connectivity index (χ1n) is 7.38. The number of carbonyl (C=O) groups is 1. The van der Waals surface area contributed by atoms with Crippen molar-refractivity contribution in [2.75, 3.05) is 19.4 Å². The van der Waals surface area contributed by atoms with Crippen molar-refractivity contribution in [3.63, 3.8) is 0 Å². The highest BCUT2D eigenvalue weighted by atomic mass is 32.1. The zero-order valence-corrected chi connectivity index (χ0v) is 14.4. The van der Waals surface area contributed by atoms with Gasteiger partial charge in [0.15, 0.2) is 0 Å². The summed E-state index contributed by atoms with van der Waals surface area (Å²) >= 11 is 1.25. The van der Waals surface area contributed by atoms with E-state index in [1.807, 2.05) is 6.07 Å². The van der Waals surface area contributed by atoms with Gasteiger partial charge in [-0.05, 0) is 30.6 Å². The van der Waals surface area contributed by atoms with Crippen LogP contribution in [-0.2, 0) is 6.54 Å². The molecule has 0 saturated carbocycles. The minimum absolute atomic E-state index is 0.165. The number of hydrogen-bond acceptors (Lipinski definition) is 6. The van der Waals surface area contributed by atoms with Crippen LogP contribution in [0.5, 0.6) is 0 Å². The highest BCUT2D eigenvalue weighted by molar-refractivity contribution is 7.10. The number of benzene rings is 1. The number of carbonyl (C=O) groups excluding carboxylic acids is 1. The van der Waals surface area contributed by atoms with E-state index >= 15 is 0 Å². The monoisotopic (exact) mass is 343 g/mol. The number of hydrogen-bond donors (Lipinski definition) is 2. The maximum Gasteiger partial charge on any atom is 0.258 e. The van der Waals surface area contributed by atoms with Crippen LogP contribution in [0.3, 0.4) is 0 Å². The van der Waals surface area contributed by atoms with Crippen molar-refractivity contribution < 1.29 is 4.79 Å². The summed E-state index contributed by atoms with van der Waals surface area (Å²) in [4.78, 5) is 33.5. The Kier molecular flexibility index (Phi) is 4.30. The Balaban J connectivity index is 1.89. The lowest BCUT2D eigenvalue weighted by molar-refractivity contribution is 0.0782. The second kappa shape index (κ2) is 6.40. The summed E-state index contributed by atoms with van der Waals surface area (Å²) in [6.07, 6.45) is 0. The summed E-state index contributed by atoms with van der Waals surface area (Å²) in [6, 6.07) is 7.12. The Morgan fingerprint density at radius 2 is 2.12 bits per heavy atom. The maximum atomic E-state index is 12.7. The smallest absolute Gasteiger partial charge is 0.258 e. The molecule has 2 N–H and O–H groups in total. The topological polar surface area (TPSA) is 91.0 Å². The number of rotatable bonds is 4. The third-order valence-electron chi connectivity index (χ3n) is 3.70. The lowest BCUT2D eigenvalue weighted by Gasteiger charge is -2.17. The molecule has 24 heavy (non-hydrogen) atoms. The predicted octanol–water partition coefficient (Wildman–Crippen LogP) is 2.00. The fourth-order valence-corrected chi connectivity index (χ4v) is 3.23. The molecule has 0 aliphatic heterocycles. The molecule has 1 aromatic carbocycles. The van der Waals surface area contributed by atoms with E-state index in [9.17, 15) is 9.59 Å². The number of aromatic nitrogens is 3. The first-order chi connectivity index (χ1) is 11.5. The number of fused-ring (bicyclic) bond motifs is 1. The predicted molar refractivity (Wildman–Crippen MR) is 94.6 cm³/mol. The van der Waals surface area contributed by atoms with Crippen LogP contribution in [0.1, 0.15) is 21.9 Å². The van der Waals surface area contributed by atoms with Crippen LogP contribution in [-0.4, -0.2) is 39.2 Å². The lowest BCUT2D eigenvalue weighted by atomic mass is 10.2. The Labute approximate surface area is 142 Å². The van der Waals surface area contributed by atoms with Crippen LogP contribution in [0.25, 0.3) is 10.9 Å². The van der Waals surface area contributed by atoms with Gasteiger partial charge < -0.3 is 15.2 Å². The van der Waals surface area contributed by atoms with Gasteiger partial charge in [0.25, 0.3) is 11.5 Å². The van der Waals surface area contributed by atoms with Crippen molar-refractivity contribution in [2.24, 2.45) is 0 Å². The van der Waals surface area contributed by atoms with E-state index in [1.54, 1.807) is 39.2 Å². The number of amides is 1. The molecule has 0 saturated heterocycles. The molecule has 3 rings (SSSR count). The van der Waals surface area contributed by atoms with Gasteiger partial charge in [-0.15, -0.1) is 0 Å². The molecule has 2 aromatic heterocycles. The molecular weight excluding hydrogens is 326 g/mol. The van der Waals surface area contributed by atoms with Gasteiger partial charge in [0.2, 0.25) is 0 Å². The summed E-state index contributed by atoms with van der Waals surface area (Å²) in [7, 11) is 3.43. The number of aryl methyl sites for hydroxylation is 1. The minimum Gasteiger partial charge on any atom is -0.378 e. The zero-order valence-electron chi connectivity index (χ0n) is 13.6. The third kappa shape index (κ3) is 2.88. The molecule has 2 heterocycles. The number of aromatic amines is 1. The molecule has 0 radical (unpaired) electrons. The fourth-order valence-electron chi connectivity index (χ4n) is 2.49. The summed E-state index contributed by atoms with van der Waals surface area (Å²) < 4.78 is 4.21. The summed E-state index contributed by atoms with van der Waals surface area (Å²) in [5.74, 6) is 0.280. The van der Waals surface area contributed by atoms with Gasteiger partial charge in [0.05, 0.1) is 28.7 Å². The van der Waals surface area contributed by atoms with Gasteiger partial charge >= 0.3 is 0 Å². The molecule has 0 unspecified atom stereocenters.